The minimum Gasteiger partial charge on any atom is -0.505 e. The van der Waals surface area contributed by atoms with Crippen LogP contribution in [0.3, 0.4) is 0 Å². The minimum atomic E-state index is -2.91. The summed E-state index contributed by atoms with van der Waals surface area (Å²) in [6.07, 6.45) is 1.54. The highest BCUT2D eigenvalue weighted by Crippen LogP contribution is 2.40. The highest BCUT2D eigenvalue weighted by Gasteiger charge is 2.42. The van der Waals surface area contributed by atoms with Gasteiger partial charge in [0.25, 0.3) is 17.4 Å². The molecular formula is C22H21FN4O5. The zero-order valence-corrected chi connectivity index (χ0v) is 17.2. The van der Waals surface area contributed by atoms with Gasteiger partial charge in [-0.2, -0.15) is 0 Å². The van der Waals surface area contributed by atoms with E-state index < -0.39 is 47.1 Å². The van der Waals surface area contributed by atoms with Gasteiger partial charge in [0, 0.05) is 36.3 Å². The number of carbonyl (C=O) groups is 2. The molecule has 0 spiro atoms. The molecule has 1 atom stereocenters. The van der Waals surface area contributed by atoms with Gasteiger partial charge >= 0.3 is 0 Å². The van der Waals surface area contributed by atoms with Gasteiger partial charge < -0.3 is 20.5 Å². The molecule has 10 heteroatoms. The van der Waals surface area contributed by atoms with E-state index in [9.17, 15) is 23.9 Å². The van der Waals surface area contributed by atoms with E-state index in [4.69, 9.17) is 8.85 Å². The van der Waals surface area contributed by atoms with E-state index in [-0.39, 0.29) is 29.7 Å². The van der Waals surface area contributed by atoms with Crippen molar-refractivity contribution < 1.29 is 27.9 Å². The number of pyridine rings is 2. The molecule has 0 saturated heterocycles. The van der Waals surface area contributed by atoms with Gasteiger partial charge in [-0.05, 0) is 24.6 Å². The third kappa shape index (κ3) is 3.24. The van der Waals surface area contributed by atoms with Crippen LogP contribution < -0.4 is 20.9 Å². The number of hydrogen-bond acceptors (Lipinski definition) is 6. The van der Waals surface area contributed by atoms with E-state index in [1.165, 1.54) is 32.3 Å². The van der Waals surface area contributed by atoms with Crippen LogP contribution in [0.1, 0.15) is 32.5 Å². The van der Waals surface area contributed by atoms with Crippen molar-refractivity contribution in [2.24, 2.45) is 0 Å². The lowest BCUT2D eigenvalue weighted by molar-refractivity contribution is -0.136. The van der Waals surface area contributed by atoms with E-state index in [2.05, 4.69) is 10.3 Å². The van der Waals surface area contributed by atoms with Gasteiger partial charge in [0.15, 0.2) is 11.5 Å². The van der Waals surface area contributed by atoms with E-state index >= 15 is 0 Å². The highest BCUT2D eigenvalue weighted by molar-refractivity contribution is 6.02. The Hall–Kier alpha value is -3.95. The second kappa shape index (κ2) is 7.63. The molecule has 9 nitrogen and oxygen atoms in total. The van der Waals surface area contributed by atoms with Gasteiger partial charge in [-0.15, -0.1) is 0 Å². The second-order valence-corrected chi connectivity index (χ2v) is 7.59. The Morgan fingerprint density at radius 1 is 1.34 bits per heavy atom. The number of aromatic nitrogens is 2. The molecule has 166 valence electrons. The standard InChI is InChI=1S/C22H21FN4O5/c1-22(21(31)25-3)10-27-16-15(17(28)14(20(27)30)19(29)24-2)26-9-12(18(16)32-22)8-11-4-6-13(23)7-5-11/h4-7,9,28H,8,10H2,1-3H3,(H,24,29)(H,25,31)/t22-/m1/s1/i2D3. The topological polar surface area (TPSA) is 123 Å². The van der Waals surface area contributed by atoms with Crippen LogP contribution >= 0.6 is 0 Å². The van der Waals surface area contributed by atoms with Gasteiger partial charge in [0.05, 0.1) is 6.54 Å². The Balaban J connectivity index is 1.98. The third-order valence-electron chi connectivity index (χ3n) is 5.41. The van der Waals surface area contributed by atoms with E-state index in [1.807, 2.05) is 0 Å². The van der Waals surface area contributed by atoms with Crippen molar-refractivity contribution >= 4 is 22.8 Å². The first-order chi connectivity index (χ1) is 16.3. The zero-order valence-electron chi connectivity index (χ0n) is 20.2. The van der Waals surface area contributed by atoms with E-state index in [1.54, 1.807) is 17.4 Å². The fourth-order valence-corrected chi connectivity index (χ4v) is 3.82. The van der Waals surface area contributed by atoms with Gasteiger partial charge in [0.1, 0.15) is 22.4 Å². The number of benzene rings is 1. The summed E-state index contributed by atoms with van der Waals surface area (Å²) in [5.74, 6) is -3.03. The van der Waals surface area contributed by atoms with Gasteiger partial charge in [-0.25, -0.2) is 4.39 Å². The maximum atomic E-state index is 13.4. The molecule has 1 aliphatic heterocycles. The molecule has 0 saturated carbocycles. The fourth-order valence-electron chi connectivity index (χ4n) is 3.82. The second-order valence-electron chi connectivity index (χ2n) is 7.59. The van der Waals surface area contributed by atoms with Gasteiger partial charge in [-0.3, -0.25) is 23.9 Å². The van der Waals surface area contributed by atoms with Crippen LogP contribution in [0.25, 0.3) is 11.0 Å². The molecule has 0 aliphatic carbocycles. The van der Waals surface area contributed by atoms with E-state index in [0.29, 0.717) is 11.1 Å². The number of nitrogens with zero attached hydrogens (tertiary/aromatic N) is 2. The smallest absolute Gasteiger partial charge is 0.268 e. The summed E-state index contributed by atoms with van der Waals surface area (Å²) in [5, 5.41) is 14.9. The fraction of sp³-hybridized carbons (Fsp3) is 0.273. The van der Waals surface area contributed by atoms with Crippen molar-refractivity contribution in [3.8, 4) is 11.5 Å². The Bertz CT molecular complexity index is 1420. The largest absolute Gasteiger partial charge is 0.505 e. The summed E-state index contributed by atoms with van der Waals surface area (Å²) in [7, 11) is 1.39. The van der Waals surface area contributed by atoms with Gasteiger partial charge in [-0.1, -0.05) is 12.1 Å². The predicted octanol–water partition coefficient (Wildman–Crippen LogP) is 1.09. The summed E-state index contributed by atoms with van der Waals surface area (Å²) in [4.78, 5) is 42.8. The van der Waals surface area contributed by atoms with Gasteiger partial charge in [0.2, 0.25) is 5.60 Å². The van der Waals surface area contributed by atoms with Crippen molar-refractivity contribution in [3.05, 3.63) is 63.3 Å². The Kier molecular flexibility index (Phi) is 4.22. The molecule has 3 heterocycles. The Morgan fingerprint density at radius 3 is 2.72 bits per heavy atom. The quantitative estimate of drug-likeness (QED) is 0.555. The number of nitrogens with one attached hydrogen (secondary N) is 2. The SMILES string of the molecule is [2H]C([2H])([2H])NC(=O)c1c(O)c2ncc(Cc3ccc(F)cc3)c3c2n(c1=O)C[C@](C)(C(=O)NC)O3. The molecule has 32 heavy (non-hydrogen) atoms. The van der Waals surface area contributed by atoms with Crippen molar-refractivity contribution in [1.82, 2.24) is 20.2 Å². The lowest BCUT2D eigenvalue weighted by atomic mass is 9.98. The average molecular weight is 443 g/mol. The molecule has 4 rings (SSSR count). The molecule has 1 aliphatic rings. The summed E-state index contributed by atoms with van der Waals surface area (Å²) in [6, 6.07) is 5.67. The molecule has 2 aromatic heterocycles. The molecule has 0 fully saturated rings. The van der Waals surface area contributed by atoms with Crippen LogP contribution in [0.15, 0.2) is 35.3 Å². The number of amides is 2. The first kappa shape index (κ1) is 17.7. The molecule has 0 radical (unpaired) electrons. The predicted molar refractivity (Wildman–Crippen MR) is 113 cm³/mol. The molecule has 3 N–H and O–H groups in total. The molecule has 3 aromatic rings. The molecule has 2 amide bonds. The van der Waals surface area contributed by atoms with Crippen molar-refractivity contribution in [1.29, 1.82) is 0 Å². The monoisotopic (exact) mass is 443 g/mol. The number of halogens is 1. The maximum absolute atomic E-state index is 13.4. The lowest BCUT2D eigenvalue weighted by Crippen LogP contribution is -2.54. The van der Waals surface area contributed by atoms with Crippen LogP contribution in [-0.2, 0) is 17.8 Å². The van der Waals surface area contributed by atoms with Crippen molar-refractivity contribution in [2.45, 2.75) is 25.5 Å². The normalized spacial score (nSPS) is 18.8. The maximum Gasteiger partial charge on any atom is 0.268 e. The molecule has 1 aromatic carbocycles. The highest BCUT2D eigenvalue weighted by atomic mass is 19.1. The third-order valence-corrected chi connectivity index (χ3v) is 5.41. The minimum absolute atomic E-state index is 0.0407. The summed E-state index contributed by atoms with van der Waals surface area (Å²) >= 11 is 0. The number of ether oxygens (including phenoxy) is 1. The summed E-state index contributed by atoms with van der Waals surface area (Å²) < 4.78 is 42.2. The first-order valence-corrected chi connectivity index (χ1v) is 9.60. The first-order valence-electron chi connectivity index (χ1n) is 11.1. The van der Waals surface area contributed by atoms with Crippen LogP contribution in [0, 0.1) is 5.82 Å². The number of aromatic hydroxyl groups is 1. The number of carbonyl (C=O) groups excluding carboxylic acids is 2. The summed E-state index contributed by atoms with van der Waals surface area (Å²) in [6.45, 7) is -1.81. The Labute approximate surface area is 186 Å². The molecule has 0 unspecified atom stereocenters. The van der Waals surface area contributed by atoms with Crippen LogP contribution in [-0.4, -0.2) is 46.1 Å². The molecule has 0 bridgehead atoms. The number of likely N-dealkylation sites (N-methyl/N-ethyl adjacent to an activating group) is 1. The van der Waals surface area contributed by atoms with Crippen molar-refractivity contribution in [3.63, 3.8) is 0 Å². The van der Waals surface area contributed by atoms with Crippen LogP contribution in [0.4, 0.5) is 4.39 Å². The van der Waals surface area contributed by atoms with Crippen molar-refractivity contribution in [2.75, 3.05) is 14.0 Å². The zero-order chi connectivity index (χ0) is 25.7. The lowest BCUT2D eigenvalue weighted by Gasteiger charge is -2.36. The Morgan fingerprint density at radius 2 is 2.06 bits per heavy atom. The number of hydrogen-bond donors (Lipinski definition) is 3. The van der Waals surface area contributed by atoms with Crippen LogP contribution in [0.5, 0.6) is 11.5 Å². The average Bonchev–Trinajstić information content (AvgIpc) is 2.77. The number of rotatable bonds is 4. The van der Waals surface area contributed by atoms with E-state index in [0.717, 1.165) is 4.57 Å². The molecular weight excluding hydrogens is 419 g/mol. The summed E-state index contributed by atoms with van der Waals surface area (Å²) in [5.41, 5.74) is -2.45. The van der Waals surface area contributed by atoms with Crippen LogP contribution in [0.2, 0.25) is 0 Å².